The fourth-order valence-electron chi connectivity index (χ4n) is 2.61. The van der Waals surface area contributed by atoms with Gasteiger partial charge in [-0.2, -0.15) is 0 Å². The molecule has 1 rings (SSSR count). The fraction of sp³-hybridized carbons (Fsp3) is 0.611. The number of amides is 1. The van der Waals surface area contributed by atoms with Gasteiger partial charge in [0.05, 0.1) is 0 Å². The van der Waals surface area contributed by atoms with Gasteiger partial charge in [0.15, 0.2) is 0 Å². The van der Waals surface area contributed by atoms with E-state index in [1.54, 1.807) is 0 Å². The molecule has 0 bridgehead atoms. The molecule has 0 aliphatic carbocycles. The predicted octanol–water partition coefficient (Wildman–Crippen LogP) is 4.29. The van der Waals surface area contributed by atoms with Crippen molar-refractivity contribution in [2.75, 3.05) is 11.9 Å². The van der Waals surface area contributed by atoms with Gasteiger partial charge in [0.2, 0.25) is 5.91 Å². The first kappa shape index (κ1) is 17.7. The molecule has 0 radical (unpaired) electrons. The van der Waals surface area contributed by atoms with Gasteiger partial charge < -0.3 is 11.1 Å². The van der Waals surface area contributed by atoms with Crippen molar-refractivity contribution in [1.82, 2.24) is 0 Å². The summed E-state index contributed by atoms with van der Waals surface area (Å²) in [7, 11) is 0. The van der Waals surface area contributed by atoms with Gasteiger partial charge in [-0.3, -0.25) is 4.79 Å². The molecule has 0 saturated carbocycles. The summed E-state index contributed by atoms with van der Waals surface area (Å²) >= 11 is 0. The molecule has 3 heteroatoms. The van der Waals surface area contributed by atoms with Crippen LogP contribution in [0.2, 0.25) is 0 Å². The summed E-state index contributed by atoms with van der Waals surface area (Å²) in [5.41, 5.74) is 7.78. The lowest BCUT2D eigenvalue weighted by Gasteiger charge is -2.15. The van der Waals surface area contributed by atoms with E-state index in [4.69, 9.17) is 5.73 Å². The molecule has 0 saturated heterocycles. The van der Waals surface area contributed by atoms with E-state index in [1.807, 2.05) is 12.1 Å². The normalized spacial score (nSPS) is 12.4. The Labute approximate surface area is 129 Å². The highest BCUT2D eigenvalue weighted by Gasteiger charge is 2.10. The third kappa shape index (κ3) is 6.76. The van der Waals surface area contributed by atoms with Gasteiger partial charge >= 0.3 is 0 Å². The first-order chi connectivity index (χ1) is 10.1. The molecular formula is C18H30N2O. The summed E-state index contributed by atoms with van der Waals surface area (Å²) in [5.74, 6) is 1.15. The van der Waals surface area contributed by atoms with Crippen molar-refractivity contribution in [3.8, 4) is 0 Å². The average molecular weight is 290 g/mol. The summed E-state index contributed by atoms with van der Waals surface area (Å²) in [4.78, 5) is 12.1. The monoisotopic (exact) mass is 290 g/mol. The minimum atomic E-state index is 0.106. The maximum absolute atomic E-state index is 12.1. The highest BCUT2D eigenvalue weighted by atomic mass is 16.1. The third-order valence-corrected chi connectivity index (χ3v) is 3.89. The number of benzene rings is 1. The molecular weight excluding hydrogens is 260 g/mol. The lowest BCUT2D eigenvalue weighted by atomic mass is 9.94. The van der Waals surface area contributed by atoms with E-state index < -0.39 is 0 Å². The molecule has 118 valence electrons. The van der Waals surface area contributed by atoms with E-state index >= 15 is 0 Å². The number of rotatable bonds is 9. The summed E-state index contributed by atoms with van der Waals surface area (Å²) in [6.45, 7) is 7.20. The lowest BCUT2D eigenvalue weighted by molar-refractivity contribution is -0.116. The fourth-order valence-corrected chi connectivity index (χ4v) is 2.61. The van der Waals surface area contributed by atoms with E-state index in [0.29, 0.717) is 24.8 Å². The zero-order chi connectivity index (χ0) is 15.7. The van der Waals surface area contributed by atoms with E-state index in [0.717, 1.165) is 31.4 Å². The van der Waals surface area contributed by atoms with Crippen LogP contribution in [0.25, 0.3) is 0 Å². The first-order valence-corrected chi connectivity index (χ1v) is 8.16. The summed E-state index contributed by atoms with van der Waals surface area (Å²) in [5, 5.41) is 3.01. The van der Waals surface area contributed by atoms with Gasteiger partial charge in [-0.1, -0.05) is 45.7 Å². The molecule has 3 nitrogen and oxygen atoms in total. The van der Waals surface area contributed by atoms with Crippen LogP contribution in [-0.4, -0.2) is 12.5 Å². The second-order valence-corrected chi connectivity index (χ2v) is 6.10. The Hall–Kier alpha value is -1.35. The standard InChI is InChI=1S/C18H30N2O/c1-4-6-15(11-12-19)9-10-18(21)20-17-8-5-7-16(13-17)14(2)3/h5,7-8,13-15H,4,6,9-12,19H2,1-3H3,(H,20,21). The summed E-state index contributed by atoms with van der Waals surface area (Å²) in [6.07, 6.45) is 4.84. The second kappa shape index (κ2) is 9.56. The van der Waals surface area contributed by atoms with Gasteiger partial charge in [0.1, 0.15) is 0 Å². The Morgan fingerprint density at radius 3 is 2.62 bits per heavy atom. The number of hydrogen-bond donors (Lipinski definition) is 2. The second-order valence-electron chi connectivity index (χ2n) is 6.10. The maximum Gasteiger partial charge on any atom is 0.224 e. The van der Waals surface area contributed by atoms with Crippen LogP contribution in [0.5, 0.6) is 0 Å². The SMILES string of the molecule is CCCC(CCN)CCC(=O)Nc1cccc(C(C)C)c1. The van der Waals surface area contributed by atoms with Crippen molar-refractivity contribution in [2.24, 2.45) is 11.7 Å². The van der Waals surface area contributed by atoms with Gasteiger partial charge in [-0.25, -0.2) is 0 Å². The Morgan fingerprint density at radius 2 is 2.00 bits per heavy atom. The van der Waals surface area contributed by atoms with E-state index in [9.17, 15) is 4.79 Å². The van der Waals surface area contributed by atoms with Crippen molar-refractivity contribution in [3.63, 3.8) is 0 Å². The Kier molecular flexibility index (Phi) is 8.06. The van der Waals surface area contributed by atoms with Crippen molar-refractivity contribution in [1.29, 1.82) is 0 Å². The molecule has 0 aliphatic rings. The van der Waals surface area contributed by atoms with E-state index in [1.165, 1.54) is 5.56 Å². The molecule has 0 fully saturated rings. The smallest absolute Gasteiger partial charge is 0.224 e. The molecule has 1 aromatic carbocycles. The molecule has 21 heavy (non-hydrogen) atoms. The molecule has 1 aromatic rings. The quantitative estimate of drug-likeness (QED) is 0.712. The zero-order valence-corrected chi connectivity index (χ0v) is 13.7. The van der Waals surface area contributed by atoms with Crippen LogP contribution in [-0.2, 0) is 4.79 Å². The van der Waals surface area contributed by atoms with Crippen molar-refractivity contribution in [3.05, 3.63) is 29.8 Å². The van der Waals surface area contributed by atoms with Crippen molar-refractivity contribution in [2.45, 2.75) is 58.8 Å². The Morgan fingerprint density at radius 1 is 1.24 bits per heavy atom. The number of nitrogens with two attached hydrogens (primary N) is 1. The third-order valence-electron chi connectivity index (χ3n) is 3.89. The molecule has 0 aliphatic heterocycles. The van der Waals surface area contributed by atoms with Crippen LogP contribution in [0.1, 0.15) is 64.4 Å². The van der Waals surface area contributed by atoms with Crippen molar-refractivity contribution < 1.29 is 4.79 Å². The summed E-state index contributed by atoms with van der Waals surface area (Å²) in [6, 6.07) is 8.11. The molecule has 3 N–H and O–H groups in total. The lowest BCUT2D eigenvalue weighted by Crippen LogP contribution is -2.15. The number of carbonyl (C=O) groups is 1. The van der Waals surface area contributed by atoms with Gasteiger partial charge in [-0.05, 0) is 48.9 Å². The number of nitrogens with one attached hydrogen (secondary N) is 1. The van der Waals surface area contributed by atoms with Crippen LogP contribution >= 0.6 is 0 Å². The molecule has 1 unspecified atom stereocenters. The van der Waals surface area contributed by atoms with Gasteiger partial charge in [0, 0.05) is 12.1 Å². The highest BCUT2D eigenvalue weighted by Crippen LogP contribution is 2.20. The topological polar surface area (TPSA) is 55.1 Å². The molecule has 0 heterocycles. The average Bonchev–Trinajstić information content (AvgIpc) is 2.45. The zero-order valence-electron chi connectivity index (χ0n) is 13.7. The minimum Gasteiger partial charge on any atom is -0.330 e. The highest BCUT2D eigenvalue weighted by molar-refractivity contribution is 5.90. The minimum absolute atomic E-state index is 0.106. The number of anilines is 1. The van der Waals surface area contributed by atoms with Gasteiger partial charge in [0.25, 0.3) is 0 Å². The van der Waals surface area contributed by atoms with Crippen LogP contribution in [0, 0.1) is 5.92 Å². The van der Waals surface area contributed by atoms with Crippen LogP contribution < -0.4 is 11.1 Å². The largest absolute Gasteiger partial charge is 0.330 e. The molecule has 0 aromatic heterocycles. The first-order valence-electron chi connectivity index (χ1n) is 8.16. The molecule has 0 spiro atoms. The molecule has 1 atom stereocenters. The van der Waals surface area contributed by atoms with Gasteiger partial charge in [-0.15, -0.1) is 0 Å². The van der Waals surface area contributed by atoms with Crippen LogP contribution in [0.15, 0.2) is 24.3 Å². The molecule has 1 amide bonds. The summed E-state index contributed by atoms with van der Waals surface area (Å²) < 4.78 is 0. The van der Waals surface area contributed by atoms with E-state index in [-0.39, 0.29) is 5.91 Å². The Balaban J connectivity index is 2.47. The number of carbonyl (C=O) groups excluding carboxylic acids is 1. The maximum atomic E-state index is 12.1. The Bertz CT molecular complexity index is 423. The van der Waals surface area contributed by atoms with Crippen molar-refractivity contribution >= 4 is 11.6 Å². The van der Waals surface area contributed by atoms with E-state index in [2.05, 4.69) is 38.2 Å². The number of hydrogen-bond acceptors (Lipinski definition) is 2. The van der Waals surface area contributed by atoms with Crippen LogP contribution in [0.4, 0.5) is 5.69 Å². The predicted molar refractivity (Wildman–Crippen MR) is 90.5 cm³/mol. The van der Waals surface area contributed by atoms with Crippen LogP contribution in [0.3, 0.4) is 0 Å².